The molecule has 0 radical (unpaired) electrons. The largest absolute Gasteiger partial charge is 0.444 e. The van der Waals surface area contributed by atoms with Gasteiger partial charge in [0, 0.05) is 36.1 Å². The maximum atomic E-state index is 12.3. The molecule has 1 amide bonds. The topological polar surface area (TPSA) is 32.8 Å². The van der Waals surface area contributed by atoms with Crippen molar-refractivity contribution in [2.45, 2.75) is 45.8 Å². The SMILES string of the molecule is CC(C)(C)OC(=O)N1CCC2(CCN(Cc3ccc(Br)cc3)C2)C1. The van der Waals surface area contributed by atoms with Crippen molar-refractivity contribution in [1.82, 2.24) is 9.80 Å². The molecule has 0 aliphatic carbocycles. The summed E-state index contributed by atoms with van der Waals surface area (Å²) in [7, 11) is 0. The molecule has 1 aromatic rings. The van der Waals surface area contributed by atoms with Crippen molar-refractivity contribution in [3.05, 3.63) is 34.3 Å². The highest BCUT2D eigenvalue weighted by Crippen LogP contribution is 2.40. The zero-order chi connectivity index (χ0) is 17.4. The highest BCUT2D eigenvalue weighted by Gasteiger charge is 2.45. The Kier molecular flexibility index (Phi) is 4.94. The Morgan fingerprint density at radius 3 is 2.50 bits per heavy atom. The number of rotatable bonds is 2. The van der Waals surface area contributed by atoms with Gasteiger partial charge in [-0.1, -0.05) is 28.1 Å². The molecule has 2 heterocycles. The first-order chi connectivity index (χ1) is 11.2. The number of hydrogen-bond acceptors (Lipinski definition) is 3. The Morgan fingerprint density at radius 1 is 1.17 bits per heavy atom. The van der Waals surface area contributed by atoms with Crippen molar-refractivity contribution in [3.63, 3.8) is 0 Å². The predicted octanol–water partition coefficient (Wildman–Crippen LogP) is 4.28. The van der Waals surface area contributed by atoms with Gasteiger partial charge >= 0.3 is 6.09 Å². The zero-order valence-corrected chi connectivity index (χ0v) is 16.4. The summed E-state index contributed by atoms with van der Waals surface area (Å²) in [6, 6.07) is 8.55. The molecule has 0 bridgehead atoms. The van der Waals surface area contributed by atoms with Crippen LogP contribution in [-0.4, -0.2) is 47.7 Å². The zero-order valence-electron chi connectivity index (χ0n) is 14.8. The van der Waals surface area contributed by atoms with Crippen LogP contribution in [-0.2, 0) is 11.3 Å². The third-order valence-corrected chi connectivity index (χ3v) is 5.46. The van der Waals surface area contributed by atoms with Crippen LogP contribution in [0.15, 0.2) is 28.7 Å². The Hall–Kier alpha value is -1.07. The predicted molar refractivity (Wildman–Crippen MR) is 98.9 cm³/mol. The number of nitrogens with zero attached hydrogens (tertiary/aromatic N) is 2. The normalized spacial score (nSPS) is 24.8. The fourth-order valence-electron chi connectivity index (χ4n) is 3.76. The van der Waals surface area contributed by atoms with Crippen molar-refractivity contribution < 1.29 is 9.53 Å². The molecule has 5 heteroatoms. The minimum Gasteiger partial charge on any atom is -0.444 e. The molecule has 4 nitrogen and oxygen atoms in total. The van der Waals surface area contributed by atoms with Crippen LogP contribution in [0.25, 0.3) is 0 Å². The van der Waals surface area contributed by atoms with Gasteiger partial charge in [-0.25, -0.2) is 4.79 Å². The average molecular weight is 395 g/mol. The lowest BCUT2D eigenvalue weighted by atomic mass is 9.86. The molecule has 2 fully saturated rings. The molecule has 1 atom stereocenters. The first-order valence-electron chi connectivity index (χ1n) is 8.70. The van der Waals surface area contributed by atoms with Gasteiger partial charge in [-0.3, -0.25) is 4.90 Å². The molecule has 0 saturated carbocycles. The van der Waals surface area contributed by atoms with E-state index in [4.69, 9.17) is 4.74 Å². The van der Waals surface area contributed by atoms with Crippen LogP contribution >= 0.6 is 15.9 Å². The molecule has 2 aliphatic heterocycles. The van der Waals surface area contributed by atoms with Crippen LogP contribution in [0.2, 0.25) is 0 Å². The molecule has 2 aliphatic rings. The molecule has 0 aromatic heterocycles. The van der Waals surface area contributed by atoms with Gasteiger partial charge < -0.3 is 9.64 Å². The first kappa shape index (κ1) is 17.7. The van der Waals surface area contributed by atoms with E-state index in [1.807, 2.05) is 25.7 Å². The third kappa shape index (κ3) is 4.31. The summed E-state index contributed by atoms with van der Waals surface area (Å²) in [5.41, 5.74) is 1.18. The second-order valence-corrected chi connectivity index (χ2v) is 9.15. The smallest absolute Gasteiger partial charge is 0.410 e. The Bertz CT molecular complexity index is 596. The number of carbonyl (C=O) groups excluding carboxylic acids is 1. The lowest BCUT2D eigenvalue weighted by Gasteiger charge is -2.27. The number of likely N-dealkylation sites (tertiary alicyclic amines) is 2. The maximum absolute atomic E-state index is 12.3. The van der Waals surface area contributed by atoms with Crippen molar-refractivity contribution >= 4 is 22.0 Å². The molecule has 1 spiro atoms. The standard InChI is InChI=1S/C19H27BrN2O2/c1-18(2,3)24-17(23)22-11-9-19(14-22)8-10-21(13-19)12-15-4-6-16(20)7-5-15/h4-7H,8-14H2,1-3H3. The second kappa shape index (κ2) is 6.68. The molecule has 1 aromatic carbocycles. The third-order valence-electron chi connectivity index (χ3n) is 4.93. The van der Waals surface area contributed by atoms with Gasteiger partial charge in [0.1, 0.15) is 5.60 Å². The first-order valence-corrected chi connectivity index (χ1v) is 9.49. The van der Waals surface area contributed by atoms with Crippen molar-refractivity contribution in [3.8, 4) is 0 Å². The number of ether oxygens (including phenoxy) is 1. The van der Waals surface area contributed by atoms with Gasteiger partial charge in [0.05, 0.1) is 0 Å². The van der Waals surface area contributed by atoms with Crippen LogP contribution in [0, 0.1) is 5.41 Å². The van der Waals surface area contributed by atoms with Crippen molar-refractivity contribution in [2.75, 3.05) is 26.2 Å². The molecule has 1 unspecified atom stereocenters. The molecule has 3 rings (SSSR count). The van der Waals surface area contributed by atoms with Crippen LogP contribution in [0.4, 0.5) is 4.79 Å². The summed E-state index contributed by atoms with van der Waals surface area (Å²) in [4.78, 5) is 16.7. The number of amides is 1. The van der Waals surface area contributed by atoms with E-state index in [-0.39, 0.29) is 11.5 Å². The minimum atomic E-state index is -0.421. The van der Waals surface area contributed by atoms with Gasteiger partial charge in [-0.2, -0.15) is 0 Å². The summed E-state index contributed by atoms with van der Waals surface area (Å²) in [6.07, 6.45) is 2.09. The van der Waals surface area contributed by atoms with E-state index >= 15 is 0 Å². The maximum Gasteiger partial charge on any atom is 0.410 e. The van der Waals surface area contributed by atoms with Crippen LogP contribution in [0.5, 0.6) is 0 Å². The molecule has 132 valence electrons. The van der Waals surface area contributed by atoms with E-state index in [9.17, 15) is 4.79 Å². The monoisotopic (exact) mass is 394 g/mol. The van der Waals surface area contributed by atoms with Crippen LogP contribution in [0.3, 0.4) is 0 Å². The van der Waals surface area contributed by atoms with Gasteiger partial charge in [0.25, 0.3) is 0 Å². The van der Waals surface area contributed by atoms with Gasteiger partial charge in [0.2, 0.25) is 0 Å². The summed E-state index contributed by atoms with van der Waals surface area (Å²) in [5.74, 6) is 0. The summed E-state index contributed by atoms with van der Waals surface area (Å²) in [5, 5.41) is 0. The highest BCUT2D eigenvalue weighted by molar-refractivity contribution is 9.10. The molecular weight excluding hydrogens is 368 g/mol. The van der Waals surface area contributed by atoms with E-state index < -0.39 is 5.60 Å². The van der Waals surface area contributed by atoms with Crippen molar-refractivity contribution in [2.24, 2.45) is 5.41 Å². The van der Waals surface area contributed by atoms with E-state index in [0.29, 0.717) is 0 Å². The summed E-state index contributed by atoms with van der Waals surface area (Å²) in [6.45, 7) is 10.6. The van der Waals surface area contributed by atoms with Gasteiger partial charge in [0.15, 0.2) is 0 Å². The fraction of sp³-hybridized carbons (Fsp3) is 0.632. The minimum absolute atomic E-state index is 0.161. The van der Waals surface area contributed by atoms with Crippen molar-refractivity contribution in [1.29, 1.82) is 0 Å². The Balaban J connectivity index is 1.55. The summed E-state index contributed by atoms with van der Waals surface area (Å²) < 4.78 is 6.65. The Labute approximate surface area is 153 Å². The van der Waals surface area contributed by atoms with E-state index in [1.54, 1.807) is 0 Å². The van der Waals surface area contributed by atoms with Gasteiger partial charge in [-0.15, -0.1) is 0 Å². The van der Waals surface area contributed by atoms with E-state index in [0.717, 1.165) is 43.6 Å². The number of hydrogen-bond donors (Lipinski definition) is 0. The van der Waals surface area contributed by atoms with E-state index in [1.165, 1.54) is 12.0 Å². The van der Waals surface area contributed by atoms with Crippen LogP contribution < -0.4 is 0 Å². The molecule has 24 heavy (non-hydrogen) atoms. The number of halogens is 1. The average Bonchev–Trinajstić information content (AvgIpc) is 3.08. The molecular formula is C19H27BrN2O2. The summed E-state index contributed by atoms with van der Waals surface area (Å²) >= 11 is 3.48. The Morgan fingerprint density at radius 2 is 1.83 bits per heavy atom. The fourth-order valence-corrected chi connectivity index (χ4v) is 4.03. The molecule has 0 N–H and O–H groups in total. The van der Waals surface area contributed by atoms with Gasteiger partial charge in [-0.05, 0) is 57.9 Å². The molecule has 2 saturated heterocycles. The lowest BCUT2D eigenvalue weighted by molar-refractivity contribution is 0.0274. The number of benzene rings is 1. The number of carbonyl (C=O) groups is 1. The lowest BCUT2D eigenvalue weighted by Crippen LogP contribution is -2.37. The van der Waals surface area contributed by atoms with E-state index in [2.05, 4.69) is 45.1 Å². The quantitative estimate of drug-likeness (QED) is 0.749. The second-order valence-electron chi connectivity index (χ2n) is 8.24. The van der Waals surface area contributed by atoms with Crippen LogP contribution in [0.1, 0.15) is 39.2 Å². The highest BCUT2D eigenvalue weighted by atomic mass is 79.9.